The van der Waals surface area contributed by atoms with Crippen molar-refractivity contribution in [3.05, 3.63) is 0 Å². The van der Waals surface area contributed by atoms with Gasteiger partial charge in [-0.1, -0.05) is 0 Å². The van der Waals surface area contributed by atoms with Gasteiger partial charge in [-0.15, -0.1) is 0 Å². The number of hydrogen-bond donors (Lipinski definition) is 0. The van der Waals surface area contributed by atoms with E-state index in [4.69, 9.17) is 4.74 Å². The minimum absolute atomic E-state index is 0.0642. The summed E-state index contributed by atoms with van der Waals surface area (Å²) in [5.41, 5.74) is 0. The lowest BCUT2D eigenvalue weighted by Crippen LogP contribution is -2.37. The molecule has 2 rings (SSSR count). The summed E-state index contributed by atoms with van der Waals surface area (Å²) in [6.07, 6.45) is 2.47. The van der Waals surface area contributed by atoms with Gasteiger partial charge in [-0.25, -0.2) is 5.11 Å². The fourth-order valence-electron chi connectivity index (χ4n) is 2.02. The Morgan fingerprint density at radius 1 is 1.55 bits per heavy atom. The van der Waals surface area contributed by atoms with Crippen molar-refractivity contribution in [2.75, 3.05) is 26.3 Å². The zero-order chi connectivity index (χ0) is 7.68. The Labute approximate surface area is 66.9 Å². The first-order chi connectivity index (χ1) is 5.40. The summed E-state index contributed by atoms with van der Waals surface area (Å²) in [6.45, 7) is 3.00. The first-order valence-electron chi connectivity index (χ1n) is 4.34. The molecule has 2 bridgehead atoms. The Balaban J connectivity index is 1.78. The summed E-state index contributed by atoms with van der Waals surface area (Å²) in [5.74, 6) is 0. The van der Waals surface area contributed by atoms with Crippen LogP contribution in [-0.4, -0.2) is 43.3 Å². The highest BCUT2D eigenvalue weighted by molar-refractivity contribution is 4.90. The van der Waals surface area contributed by atoms with Crippen LogP contribution in [0.25, 0.3) is 0 Å². The number of likely N-dealkylation sites (tertiary alicyclic amines) is 1. The van der Waals surface area contributed by atoms with Crippen molar-refractivity contribution in [3.63, 3.8) is 0 Å². The van der Waals surface area contributed by atoms with E-state index in [9.17, 15) is 5.11 Å². The molecule has 0 aliphatic carbocycles. The molecular weight excluding hydrogens is 142 g/mol. The van der Waals surface area contributed by atoms with Crippen LogP contribution in [0.3, 0.4) is 0 Å². The van der Waals surface area contributed by atoms with E-state index >= 15 is 0 Å². The van der Waals surface area contributed by atoms with Crippen LogP contribution in [0.5, 0.6) is 0 Å². The van der Waals surface area contributed by atoms with Crippen molar-refractivity contribution < 1.29 is 9.84 Å². The maximum atomic E-state index is 10.2. The third-order valence-corrected chi connectivity index (χ3v) is 2.60. The molecular formula is C8H14NO2. The smallest absolute Gasteiger partial charge is 0.0834 e. The van der Waals surface area contributed by atoms with Crippen molar-refractivity contribution in [3.8, 4) is 0 Å². The number of ether oxygens (including phenoxy) is 1. The van der Waals surface area contributed by atoms with Gasteiger partial charge in [0.15, 0.2) is 0 Å². The van der Waals surface area contributed by atoms with Gasteiger partial charge in [0.1, 0.15) is 0 Å². The molecule has 3 heteroatoms. The zero-order valence-corrected chi connectivity index (χ0v) is 6.66. The van der Waals surface area contributed by atoms with Gasteiger partial charge in [0.2, 0.25) is 0 Å². The highest BCUT2D eigenvalue weighted by Crippen LogP contribution is 2.27. The Morgan fingerprint density at radius 3 is 3.00 bits per heavy atom. The normalized spacial score (nSPS) is 36.8. The maximum absolute atomic E-state index is 10.2. The van der Waals surface area contributed by atoms with Crippen molar-refractivity contribution >= 4 is 0 Å². The minimum Gasteiger partial charge on any atom is -0.375 e. The van der Waals surface area contributed by atoms with Gasteiger partial charge in [-0.05, 0) is 12.8 Å². The van der Waals surface area contributed by atoms with Crippen LogP contribution in [0.2, 0.25) is 0 Å². The monoisotopic (exact) mass is 156 g/mol. The molecule has 2 aliphatic heterocycles. The lowest BCUT2D eigenvalue weighted by Gasteiger charge is -2.25. The average molecular weight is 156 g/mol. The number of hydrogen-bond acceptors (Lipinski definition) is 2. The molecule has 2 fully saturated rings. The molecule has 0 saturated carbocycles. The largest absolute Gasteiger partial charge is 0.375 e. The van der Waals surface area contributed by atoms with Gasteiger partial charge < -0.3 is 4.74 Å². The molecule has 0 aromatic heterocycles. The predicted octanol–water partition coefficient (Wildman–Crippen LogP) is 0.280. The van der Waals surface area contributed by atoms with E-state index < -0.39 is 0 Å². The summed E-state index contributed by atoms with van der Waals surface area (Å²) in [5, 5.41) is 10.2. The van der Waals surface area contributed by atoms with Crippen LogP contribution in [0.15, 0.2) is 0 Å². The number of fused-ring (bicyclic) bond motifs is 2. The van der Waals surface area contributed by atoms with E-state index in [1.165, 1.54) is 6.42 Å². The fraction of sp³-hybridized carbons (Fsp3) is 1.00. The Bertz CT molecular complexity index is 140. The second kappa shape index (κ2) is 3.09. The lowest BCUT2D eigenvalue weighted by molar-refractivity contribution is 0.0268. The Kier molecular flexibility index (Phi) is 2.11. The molecule has 2 saturated heterocycles. The van der Waals surface area contributed by atoms with Gasteiger partial charge in [-0.3, -0.25) is 4.90 Å². The summed E-state index contributed by atoms with van der Waals surface area (Å²) < 4.78 is 5.44. The number of rotatable bonds is 3. The summed E-state index contributed by atoms with van der Waals surface area (Å²) in [7, 11) is 0. The first kappa shape index (κ1) is 7.53. The quantitative estimate of drug-likeness (QED) is 0.588. The summed E-state index contributed by atoms with van der Waals surface area (Å²) in [6, 6.07) is 0.631. The van der Waals surface area contributed by atoms with E-state index in [0.29, 0.717) is 12.1 Å². The van der Waals surface area contributed by atoms with Crippen LogP contribution in [0, 0.1) is 0 Å². The maximum Gasteiger partial charge on any atom is 0.0834 e. The SMILES string of the molecule is [O]CCCN1C[C@@H]2C[C@H]1CO2. The first-order valence-corrected chi connectivity index (χ1v) is 4.34. The second-order valence-electron chi connectivity index (χ2n) is 3.40. The highest BCUT2D eigenvalue weighted by atomic mass is 16.5. The predicted molar refractivity (Wildman–Crippen MR) is 39.9 cm³/mol. The molecule has 0 unspecified atom stereocenters. The zero-order valence-electron chi connectivity index (χ0n) is 6.66. The van der Waals surface area contributed by atoms with Crippen molar-refractivity contribution in [1.82, 2.24) is 4.90 Å². The van der Waals surface area contributed by atoms with Crippen LogP contribution in [0.1, 0.15) is 12.8 Å². The lowest BCUT2D eigenvalue weighted by atomic mass is 10.2. The number of morpholine rings is 1. The molecule has 0 spiro atoms. The molecule has 1 radical (unpaired) electrons. The van der Waals surface area contributed by atoms with E-state index in [2.05, 4.69) is 4.90 Å². The molecule has 3 nitrogen and oxygen atoms in total. The molecule has 0 amide bonds. The third-order valence-electron chi connectivity index (χ3n) is 2.60. The molecule has 2 aliphatic rings. The molecule has 0 N–H and O–H groups in total. The Hall–Kier alpha value is -0.120. The highest BCUT2D eigenvalue weighted by Gasteiger charge is 2.38. The van der Waals surface area contributed by atoms with Gasteiger partial charge in [-0.2, -0.15) is 0 Å². The number of nitrogens with zero attached hydrogens (tertiary/aromatic N) is 1. The van der Waals surface area contributed by atoms with E-state index in [-0.39, 0.29) is 6.61 Å². The third kappa shape index (κ3) is 1.41. The molecule has 0 aromatic rings. The standard InChI is InChI=1S/C8H14NO2/c10-3-1-2-9-5-8-4-7(9)6-11-8/h7-8H,1-6H2/t7-,8-/m0/s1. The van der Waals surface area contributed by atoms with Crippen LogP contribution >= 0.6 is 0 Å². The van der Waals surface area contributed by atoms with E-state index in [1.54, 1.807) is 0 Å². The molecule has 11 heavy (non-hydrogen) atoms. The Morgan fingerprint density at radius 2 is 2.45 bits per heavy atom. The van der Waals surface area contributed by atoms with Crippen LogP contribution < -0.4 is 0 Å². The molecule has 63 valence electrons. The van der Waals surface area contributed by atoms with Crippen molar-refractivity contribution in [2.45, 2.75) is 25.0 Å². The summed E-state index contributed by atoms with van der Waals surface area (Å²) >= 11 is 0. The van der Waals surface area contributed by atoms with Crippen molar-refractivity contribution in [1.29, 1.82) is 0 Å². The van der Waals surface area contributed by atoms with Crippen LogP contribution in [-0.2, 0) is 9.84 Å². The molecule has 2 heterocycles. The molecule has 2 atom stereocenters. The van der Waals surface area contributed by atoms with E-state index in [0.717, 1.165) is 26.1 Å². The topological polar surface area (TPSA) is 32.4 Å². The minimum atomic E-state index is 0.0642. The van der Waals surface area contributed by atoms with Crippen LogP contribution in [0.4, 0.5) is 0 Å². The van der Waals surface area contributed by atoms with Gasteiger partial charge in [0.25, 0.3) is 0 Å². The van der Waals surface area contributed by atoms with E-state index in [1.807, 2.05) is 0 Å². The second-order valence-corrected chi connectivity index (χ2v) is 3.40. The van der Waals surface area contributed by atoms with Crippen molar-refractivity contribution in [2.24, 2.45) is 0 Å². The fourth-order valence-corrected chi connectivity index (χ4v) is 2.02. The van der Waals surface area contributed by atoms with Gasteiger partial charge in [0, 0.05) is 19.1 Å². The average Bonchev–Trinajstić information content (AvgIpc) is 2.60. The van der Waals surface area contributed by atoms with Gasteiger partial charge in [0.05, 0.1) is 19.3 Å². The summed E-state index contributed by atoms with van der Waals surface area (Å²) in [4.78, 5) is 2.39. The molecule has 0 aromatic carbocycles. The van der Waals surface area contributed by atoms with Gasteiger partial charge >= 0.3 is 0 Å².